The highest BCUT2D eigenvalue weighted by molar-refractivity contribution is 5.38. The van der Waals surface area contributed by atoms with Gasteiger partial charge in [0.05, 0.1) is 6.04 Å². The third-order valence-electron chi connectivity index (χ3n) is 3.55. The van der Waals surface area contributed by atoms with Crippen molar-refractivity contribution >= 4 is 0 Å². The molecule has 1 aromatic heterocycles. The molecule has 1 atom stereocenters. The van der Waals surface area contributed by atoms with Gasteiger partial charge in [-0.05, 0) is 62.9 Å². The number of furan rings is 1. The molecule has 2 rings (SSSR count). The van der Waals surface area contributed by atoms with E-state index in [1.807, 2.05) is 19.1 Å². The smallest absolute Gasteiger partial charge is 0.122 e. The molecule has 0 fully saturated rings. The standard InChI is InChI=1S/C16H22N2O/c1-10-7-11(2)14(12(3)8-10)9-15(18-17)16-6-5-13(4)19-16/h5-8,15,18H,9,17H2,1-4H3. The predicted molar refractivity (Wildman–Crippen MR) is 77.9 cm³/mol. The van der Waals surface area contributed by atoms with E-state index in [0.717, 1.165) is 17.9 Å². The van der Waals surface area contributed by atoms with Gasteiger partial charge < -0.3 is 4.42 Å². The molecule has 0 bridgehead atoms. The summed E-state index contributed by atoms with van der Waals surface area (Å²) in [7, 11) is 0. The Morgan fingerprint density at radius 3 is 2.21 bits per heavy atom. The van der Waals surface area contributed by atoms with Gasteiger partial charge in [-0.15, -0.1) is 0 Å². The molecule has 0 saturated carbocycles. The van der Waals surface area contributed by atoms with Crippen molar-refractivity contribution < 1.29 is 4.42 Å². The second-order valence-corrected chi connectivity index (χ2v) is 5.25. The van der Waals surface area contributed by atoms with Gasteiger partial charge in [-0.2, -0.15) is 0 Å². The highest BCUT2D eigenvalue weighted by atomic mass is 16.3. The first-order valence-electron chi connectivity index (χ1n) is 6.60. The van der Waals surface area contributed by atoms with Crippen LogP contribution in [0.1, 0.15) is 39.8 Å². The average Bonchev–Trinajstić information content (AvgIpc) is 2.75. The zero-order chi connectivity index (χ0) is 14.0. The van der Waals surface area contributed by atoms with Crippen LogP contribution in [0.3, 0.4) is 0 Å². The molecule has 0 spiro atoms. The number of benzene rings is 1. The van der Waals surface area contributed by atoms with Crippen molar-refractivity contribution in [3.05, 3.63) is 58.0 Å². The molecular formula is C16H22N2O. The normalized spacial score (nSPS) is 12.7. The van der Waals surface area contributed by atoms with E-state index in [9.17, 15) is 0 Å². The first-order chi connectivity index (χ1) is 9.01. The second-order valence-electron chi connectivity index (χ2n) is 5.25. The summed E-state index contributed by atoms with van der Waals surface area (Å²) in [4.78, 5) is 0. The van der Waals surface area contributed by atoms with Crippen LogP contribution < -0.4 is 11.3 Å². The highest BCUT2D eigenvalue weighted by Gasteiger charge is 2.16. The first-order valence-corrected chi connectivity index (χ1v) is 6.60. The molecule has 1 aromatic carbocycles. The molecule has 0 aliphatic heterocycles. The zero-order valence-corrected chi connectivity index (χ0v) is 12.1. The van der Waals surface area contributed by atoms with Gasteiger partial charge in [0.1, 0.15) is 11.5 Å². The van der Waals surface area contributed by atoms with E-state index in [-0.39, 0.29) is 6.04 Å². The van der Waals surface area contributed by atoms with E-state index in [2.05, 4.69) is 38.3 Å². The summed E-state index contributed by atoms with van der Waals surface area (Å²) in [6.45, 7) is 8.37. The first kappa shape index (κ1) is 13.8. The lowest BCUT2D eigenvalue weighted by atomic mass is 9.94. The molecule has 0 aliphatic rings. The summed E-state index contributed by atoms with van der Waals surface area (Å²) in [5.41, 5.74) is 8.10. The van der Waals surface area contributed by atoms with Crippen molar-refractivity contribution in [3.63, 3.8) is 0 Å². The van der Waals surface area contributed by atoms with E-state index in [4.69, 9.17) is 10.3 Å². The maximum absolute atomic E-state index is 5.68. The fourth-order valence-electron chi connectivity index (χ4n) is 2.62. The van der Waals surface area contributed by atoms with E-state index in [0.29, 0.717) is 0 Å². The Morgan fingerprint density at radius 1 is 1.11 bits per heavy atom. The maximum atomic E-state index is 5.68. The minimum absolute atomic E-state index is 0.00815. The van der Waals surface area contributed by atoms with Crippen LogP contribution in [-0.4, -0.2) is 0 Å². The monoisotopic (exact) mass is 258 g/mol. The summed E-state index contributed by atoms with van der Waals surface area (Å²) in [5.74, 6) is 7.48. The van der Waals surface area contributed by atoms with Gasteiger partial charge >= 0.3 is 0 Å². The molecule has 102 valence electrons. The fraction of sp³-hybridized carbons (Fsp3) is 0.375. The average molecular weight is 258 g/mol. The van der Waals surface area contributed by atoms with Crippen LogP contribution in [0.15, 0.2) is 28.7 Å². The number of hydrogen-bond acceptors (Lipinski definition) is 3. The molecular weight excluding hydrogens is 236 g/mol. The van der Waals surface area contributed by atoms with Gasteiger partial charge in [-0.25, -0.2) is 5.43 Å². The topological polar surface area (TPSA) is 51.2 Å². The number of hydrogen-bond donors (Lipinski definition) is 2. The lowest BCUT2D eigenvalue weighted by molar-refractivity contribution is 0.402. The summed E-state index contributed by atoms with van der Waals surface area (Å²) < 4.78 is 5.67. The lowest BCUT2D eigenvalue weighted by Crippen LogP contribution is -2.29. The summed E-state index contributed by atoms with van der Waals surface area (Å²) in [6, 6.07) is 8.38. The Hall–Kier alpha value is -1.58. The van der Waals surface area contributed by atoms with Gasteiger partial charge in [-0.1, -0.05) is 17.7 Å². The molecule has 0 radical (unpaired) electrons. The van der Waals surface area contributed by atoms with Crippen molar-refractivity contribution in [1.82, 2.24) is 5.43 Å². The molecule has 0 aliphatic carbocycles. The number of hydrazine groups is 1. The van der Waals surface area contributed by atoms with Crippen LogP contribution >= 0.6 is 0 Å². The molecule has 0 amide bonds. The molecule has 2 aromatic rings. The minimum Gasteiger partial charge on any atom is -0.465 e. The van der Waals surface area contributed by atoms with Crippen LogP contribution in [0, 0.1) is 27.7 Å². The van der Waals surface area contributed by atoms with E-state index in [1.165, 1.54) is 22.3 Å². The lowest BCUT2D eigenvalue weighted by Gasteiger charge is -2.17. The van der Waals surface area contributed by atoms with Crippen molar-refractivity contribution in [1.29, 1.82) is 0 Å². The molecule has 3 N–H and O–H groups in total. The third kappa shape index (κ3) is 3.06. The Morgan fingerprint density at radius 2 is 1.74 bits per heavy atom. The molecule has 19 heavy (non-hydrogen) atoms. The minimum atomic E-state index is 0.00815. The second kappa shape index (κ2) is 5.59. The summed E-state index contributed by atoms with van der Waals surface area (Å²) in [5, 5.41) is 0. The number of rotatable bonds is 4. The molecule has 0 saturated heterocycles. The number of nitrogens with two attached hydrogens (primary N) is 1. The Bertz CT molecular complexity index is 549. The van der Waals surface area contributed by atoms with Crippen LogP contribution in [0.2, 0.25) is 0 Å². The van der Waals surface area contributed by atoms with Crippen LogP contribution in [0.25, 0.3) is 0 Å². The van der Waals surface area contributed by atoms with Crippen LogP contribution in [0.4, 0.5) is 0 Å². The number of aryl methyl sites for hydroxylation is 4. The summed E-state index contributed by atoms with van der Waals surface area (Å²) in [6.07, 6.45) is 0.835. The van der Waals surface area contributed by atoms with Crippen molar-refractivity contribution in [2.75, 3.05) is 0 Å². The molecule has 1 heterocycles. The van der Waals surface area contributed by atoms with Gasteiger partial charge in [0.15, 0.2) is 0 Å². The Balaban J connectivity index is 2.28. The van der Waals surface area contributed by atoms with Crippen LogP contribution in [0.5, 0.6) is 0 Å². The van der Waals surface area contributed by atoms with Crippen LogP contribution in [-0.2, 0) is 6.42 Å². The van der Waals surface area contributed by atoms with E-state index in [1.54, 1.807) is 0 Å². The third-order valence-corrected chi connectivity index (χ3v) is 3.55. The van der Waals surface area contributed by atoms with Crippen molar-refractivity contribution in [3.8, 4) is 0 Å². The molecule has 3 nitrogen and oxygen atoms in total. The summed E-state index contributed by atoms with van der Waals surface area (Å²) >= 11 is 0. The SMILES string of the molecule is Cc1cc(C)c(CC(NN)c2ccc(C)o2)c(C)c1. The maximum Gasteiger partial charge on any atom is 0.122 e. The van der Waals surface area contributed by atoms with Gasteiger partial charge in [0.2, 0.25) is 0 Å². The Labute approximate surface area is 114 Å². The fourth-order valence-corrected chi connectivity index (χ4v) is 2.62. The van der Waals surface area contributed by atoms with Gasteiger partial charge in [0, 0.05) is 0 Å². The largest absolute Gasteiger partial charge is 0.465 e. The Kier molecular flexibility index (Phi) is 4.08. The van der Waals surface area contributed by atoms with Crippen molar-refractivity contribution in [2.45, 2.75) is 40.2 Å². The van der Waals surface area contributed by atoms with E-state index >= 15 is 0 Å². The van der Waals surface area contributed by atoms with Gasteiger partial charge in [-0.3, -0.25) is 5.84 Å². The quantitative estimate of drug-likeness (QED) is 0.653. The molecule has 1 unspecified atom stereocenters. The highest BCUT2D eigenvalue weighted by Crippen LogP contribution is 2.24. The molecule has 3 heteroatoms. The van der Waals surface area contributed by atoms with E-state index < -0.39 is 0 Å². The van der Waals surface area contributed by atoms with Gasteiger partial charge in [0.25, 0.3) is 0 Å². The van der Waals surface area contributed by atoms with Crippen molar-refractivity contribution in [2.24, 2.45) is 5.84 Å². The zero-order valence-electron chi connectivity index (χ0n) is 12.1. The predicted octanol–water partition coefficient (Wildman–Crippen LogP) is 3.26. The number of nitrogens with one attached hydrogen (secondary N) is 1.